The number of rotatable bonds is 4. The van der Waals surface area contributed by atoms with Crippen molar-refractivity contribution in [3.8, 4) is 39.9 Å². The molecule has 9 rings (SSSR count). The van der Waals surface area contributed by atoms with Gasteiger partial charge in [-0.3, -0.25) is 0 Å². The maximum atomic E-state index is 8.59. The van der Waals surface area contributed by atoms with Crippen LogP contribution >= 0.6 is 0 Å². The van der Waals surface area contributed by atoms with E-state index in [1.807, 2.05) is 54.6 Å². The van der Waals surface area contributed by atoms with Gasteiger partial charge in [0.2, 0.25) is 0 Å². The van der Waals surface area contributed by atoms with Crippen molar-refractivity contribution in [1.29, 1.82) is 0 Å². The van der Waals surface area contributed by atoms with Gasteiger partial charge < -0.3 is 8.98 Å². The second kappa shape index (κ2) is 9.75. The zero-order valence-electron chi connectivity index (χ0n) is 32.8. The van der Waals surface area contributed by atoms with Gasteiger partial charge in [-0.25, -0.2) is 15.0 Å². The van der Waals surface area contributed by atoms with Gasteiger partial charge in [-0.15, -0.1) is 0 Å². The van der Waals surface area contributed by atoms with Crippen LogP contribution < -0.4 is 0 Å². The summed E-state index contributed by atoms with van der Waals surface area (Å²) in [5.74, 6) is -0.655. The van der Waals surface area contributed by atoms with Gasteiger partial charge in [-0.05, 0) is 42.5 Å². The van der Waals surface area contributed by atoms with Crippen molar-refractivity contribution in [2.24, 2.45) is 0 Å². The summed E-state index contributed by atoms with van der Waals surface area (Å²) < 4.78 is 92.0. The third-order valence-electron chi connectivity index (χ3n) is 7.65. The molecule has 0 amide bonds. The van der Waals surface area contributed by atoms with E-state index >= 15 is 0 Å². The lowest BCUT2D eigenvalue weighted by molar-refractivity contribution is 0.671. The van der Waals surface area contributed by atoms with Crippen LogP contribution in [0.25, 0.3) is 83.6 Å². The molecule has 0 aliphatic carbocycles. The van der Waals surface area contributed by atoms with Crippen LogP contribution in [0.1, 0.15) is 13.7 Å². The van der Waals surface area contributed by atoms with Crippen LogP contribution in [0.2, 0.25) is 0 Å². The van der Waals surface area contributed by atoms with Gasteiger partial charge in [0, 0.05) is 43.9 Å². The van der Waals surface area contributed by atoms with E-state index in [0.29, 0.717) is 5.56 Å². The van der Waals surface area contributed by atoms with Crippen molar-refractivity contribution in [2.75, 3.05) is 0 Å². The van der Waals surface area contributed by atoms with Crippen molar-refractivity contribution >= 4 is 43.7 Å². The third kappa shape index (κ3) is 3.83. The van der Waals surface area contributed by atoms with Crippen LogP contribution in [0.4, 0.5) is 0 Å². The Morgan fingerprint density at radius 3 is 1.75 bits per heavy atom. The third-order valence-corrected chi connectivity index (χ3v) is 7.65. The van der Waals surface area contributed by atoms with E-state index in [0.717, 1.165) is 49.4 Å². The molecule has 0 N–H and O–H groups in total. The highest BCUT2D eigenvalue weighted by molar-refractivity contribution is 6.21. The summed E-state index contributed by atoms with van der Waals surface area (Å²) in [6, 6.07) is 21.4. The number of fused-ring (bicyclic) bond motifs is 7. The zero-order chi connectivity index (χ0) is 37.7. The molecule has 44 heavy (non-hydrogen) atoms. The molecule has 0 bridgehead atoms. The van der Waals surface area contributed by atoms with Crippen molar-refractivity contribution in [3.05, 3.63) is 145 Å². The highest BCUT2D eigenvalue weighted by Gasteiger charge is 2.19. The Bertz CT molecular complexity index is 2920. The summed E-state index contributed by atoms with van der Waals surface area (Å²) >= 11 is 0. The van der Waals surface area contributed by atoms with Crippen molar-refractivity contribution < 1.29 is 18.1 Å². The van der Waals surface area contributed by atoms with Gasteiger partial charge in [0.25, 0.3) is 0 Å². The first kappa shape index (κ1) is 16.5. The van der Waals surface area contributed by atoms with Gasteiger partial charge in [-0.1, -0.05) is 103 Å². The van der Waals surface area contributed by atoms with Crippen LogP contribution in [0.3, 0.4) is 0 Å². The van der Waals surface area contributed by atoms with Crippen molar-refractivity contribution in [1.82, 2.24) is 19.5 Å². The molecule has 9 aromatic rings. The molecule has 206 valence electrons. The number of furan rings is 1. The molecule has 0 fully saturated rings. The Hall–Kier alpha value is -6.07. The average Bonchev–Trinajstić information content (AvgIpc) is 3.74. The van der Waals surface area contributed by atoms with E-state index in [9.17, 15) is 0 Å². The molecule has 0 saturated heterocycles. The number of nitrogens with zero attached hydrogens (tertiary/aromatic N) is 4. The lowest BCUT2D eigenvalue weighted by atomic mass is 10.1. The lowest BCUT2D eigenvalue weighted by Crippen LogP contribution is -2.00. The SMILES string of the molecule is [2H]c1c([2H])c([2H])c(-c2nc(-c3ccc(-n4c5ccccc5c5ccc6c7ccccc7oc6c54)cc3)nc(-c3c([2H])c([2H])c([2H])c([2H])c3[2H])n2)c([2H])c1[2H]. The van der Waals surface area contributed by atoms with E-state index in [1.165, 1.54) is 0 Å². The Morgan fingerprint density at radius 1 is 0.500 bits per heavy atom. The van der Waals surface area contributed by atoms with Crippen LogP contribution in [0.5, 0.6) is 0 Å². The summed E-state index contributed by atoms with van der Waals surface area (Å²) in [6.45, 7) is 0. The molecular formula is C39H24N4O. The fraction of sp³-hybridized carbons (Fsp3) is 0. The second-order valence-corrected chi connectivity index (χ2v) is 10.1. The summed E-state index contributed by atoms with van der Waals surface area (Å²) in [7, 11) is 0. The minimum atomic E-state index is -0.605. The average molecular weight is 575 g/mol. The highest BCUT2D eigenvalue weighted by atomic mass is 16.3. The van der Waals surface area contributed by atoms with Gasteiger partial charge in [0.05, 0.1) is 24.7 Å². The van der Waals surface area contributed by atoms with E-state index in [-0.39, 0.29) is 28.6 Å². The van der Waals surface area contributed by atoms with Crippen LogP contribution in [-0.2, 0) is 0 Å². The zero-order valence-corrected chi connectivity index (χ0v) is 22.8. The number of benzene rings is 6. The van der Waals surface area contributed by atoms with Gasteiger partial charge in [0.15, 0.2) is 23.1 Å². The standard InChI is InChI=1S/C39H24N4O/c1-3-11-25(12-4-1)37-40-38(26-13-5-2-6-14-26)42-39(41-37)27-19-21-28(22-20-27)43-33-17-9-7-15-29(33)31-23-24-32-30-16-8-10-18-34(30)44-36(32)35(31)43/h1-24H/i1D,2D,3D,4D,5D,6D,11D,12D,13D,14D. The predicted octanol–water partition coefficient (Wildman–Crippen LogP) is 9.87. The molecule has 0 saturated carbocycles. The molecule has 5 nitrogen and oxygen atoms in total. The molecule has 3 aromatic heterocycles. The smallest absolute Gasteiger partial charge is 0.164 e. The second-order valence-electron chi connectivity index (χ2n) is 10.1. The number of hydrogen-bond acceptors (Lipinski definition) is 4. The lowest BCUT2D eigenvalue weighted by Gasteiger charge is -2.11. The quantitative estimate of drug-likeness (QED) is 0.210. The van der Waals surface area contributed by atoms with Gasteiger partial charge in [-0.2, -0.15) is 0 Å². The van der Waals surface area contributed by atoms with E-state index in [1.54, 1.807) is 12.1 Å². The molecule has 6 aromatic carbocycles. The minimum Gasteiger partial charge on any atom is -0.454 e. The number of para-hydroxylation sites is 2. The maximum Gasteiger partial charge on any atom is 0.164 e. The molecule has 0 unspecified atom stereocenters. The fourth-order valence-electron chi connectivity index (χ4n) is 5.71. The summed E-state index contributed by atoms with van der Waals surface area (Å²) in [5, 5.41) is 4.01. The summed E-state index contributed by atoms with van der Waals surface area (Å²) in [6.07, 6.45) is 0. The maximum absolute atomic E-state index is 8.59. The monoisotopic (exact) mass is 574 g/mol. The molecular weight excluding hydrogens is 540 g/mol. The minimum absolute atomic E-state index is 0.0120. The van der Waals surface area contributed by atoms with Gasteiger partial charge >= 0.3 is 0 Å². The van der Waals surface area contributed by atoms with E-state index in [4.69, 9.17) is 18.1 Å². The van der Waals surface area contributed by atoms with E-state index in [2.05, 4.69) is 37.7 Å². The van der Waals surface area contributed by atoms with Gasteiger partial charge in [0.1, 0.15) is 5.58 Å². The van der Waals surface area contributed by atoms with Crippen molar-refractivity contribution in [3.63, 3.8) is 0 Å². The van der Waals surface area contributed by atoms with E-state index < -0.39 is 60.4 Å². The Labute approximate surface area is 266 Å². The molecule has 0 atom stereocenters. The topological polar surface area (TPSA) is 56.7 Å². The normalized spacial score (nSPS) is 14.8. The molecule has 0 spiro atoms. The van der Waals surface area contributed by atoms with Crippen LogP contribution in [0.15, 0.2) is 150 Å². The molecule has 0 aliphatic heterocycles. The molecule has 0 aliphatic rings. The summed E-state index contributed by atoms with van der Waals surface area (Å²) in [5.41, 5.74) is 3.89. The highest BCUT2D eigenvalue weighted by Crippen LogP contribution is 2.40. The summed E-state index contributed by atoms with van der Waals surface area (Å²) in [4.78, 5) is 13.5. The number of hydrogen-bond donors (Lipinski definition) is 0. The van der Waals surface area contributed by atoms with Crippen molar-refractivity contribution in [2.45, 2.75) is 0 Å². The Kier molecular flexibility index (Phi) is 3.66. The van der Waals surface area contributed by atoms with Crippen LogP contribution in [0, 0.1) is 0 Å². The molecule has 5 heteroatoms. The predicted molar refractivity (Wildman–Crippen MR) is 178 cm³/mol. The molecule has 0 radical (unpaired) electrons. The first-order valence-corrected chi connectivity index (χ1v) is 13.8. The number of aromatic nitrogens is 4. The van der Waals surface area contributed by atoms with Crippen LogP contribution in [-0.4, -0.2) is 19.5 Å². The first-order valence-electron chi connectivity index (χ1n) is 18.8. The fourth-order valence-corrected chi connectivity index (χ4v) is 5.71. The first-order chi connectivity index (χ1) is 26.0. The Balaban J connectivity index is 1.28. The Morgan fingerprint density at radius 2 is 1.07 bits per heavy atom. The largest absolute Gasteiger partial charge is 0.454 e. The molecule has 3 heterocycles.